The van der Waals surface area contributed by atoms with Crippen LogP contribution in [0.2, 0.25) is 0 Å². The number of nitrogens with zero attached hydrogens (tertiary/aromatic N) is 3. The van der Waals surface area contributed by atoms with Gasteiger partial charge >= 0.3 is 11.4 Å². The summed E-state index contributed by atoms with van der Waals surface area (Å²) in [6.45, 7) is -0.566. The van der Waals surface area contributed by atoms with Gasteiger partial charge in [0.1, 0.15) is 0 Å². The van der Waals surface area contributed by atoms with E-state index in [2.05, 4.69) is 10.5 Å². The molecule has 2 N–H and O–H groups in total. The van der Waals surface area contributed by atoms with Crippen LogP contribution in [0, 0.1) is 20.2 Å². The van der Waals surface area contributed by atoms with Crippen molar-refractivity contribution in [2.45, 2.75) is 0 Å². The van der Waals surface area contributed by atoms with Gasteiger partial charge in [-0.3, -0.25) is 25.0 Å². The summed E-state index contributed by atoms with van der Waals surface area (Å²) in [6.07, 6.45) is 0.989. The van der Waals surface area contributed by atoms with Gasteiger partial charge in [-0.25, -0.2) is 5.43 Å². The van der Waals surface area contributed by atoms with Gasteiger partial charge in [0.25, 0.3) is 5.91 Å². The predicted octanol–water partition coefficient (Wildman–Crippen LogP) is 1.75. The van der Waals surface area contributed by atoms with Crippen molar-refractivity contribution in [2.75, 3.05) is 13.7 Å². The van der Waals surface area contributed by atoms with Crippen molar-refractivity contribution in [3.63, 3.8) is 0 Å². The number of nitro benzene ring substituents is 2. The van der Waals surface area contributed by atoms with Crippen LogP contribution in [0.4, 0.5) is 11.4 Å². The minimum absolute atomic E-state index is 0.0282. The molecule has 0 saturated heterocycles. The molecular formula is C16H14N4O8. The Morgan fingerprint density at radius 2 is 1.93 bits per heavy atom. The highest BCUT2D eigenvalue weighted by Gasteiger charge is 2.23. The maximum atomic E-state index is 11.8. The van der Waals surface area contributed by atoms with Gasteiger partial charge in [-0.2, -0.15) is 5.10 Å². The van der Waals surface area contributed by atoms with Gasteiger partial charge in [-0.05, 0) is 18.2 Å². The molecule has 0 spiro atoms. The van der Waals surface area contributed by atoms with Crippen LogP contribution in [0.3, 0.4) is 0 Å². The number of hydrogen-bond acceptors (Lipinski definition) is 9. The molecule has 0 saturated carbocycles. The number of hydrazone groups is 1. The highest BCUT2D eigenvalue weighted by atomic mass is 16.6. The number of ether oxygens (including phenoxy) is 2. The third kappa shape index (κ3) is 4.69. The Hall–Kier alpha value is -4.22. The Morgan fingerprint density at radius 3 is 2.57 bits per heavy atom. The van der Waals surface area contributed by atoms with E-state index in [1.807, 2.05) is 0 Å². The van der Waals surface area contributed by atoms with Crippen LogP contribution in [0.5, 0.6) is 17.2 Å². The lowest BCUT2D eigenvalue weighted by Gasteiger charge is -2.06. The summed E-state index contributed by atoms with van der Waals surface area (Å²) in [5.41, 5.74) is 1.22. The maximum Gasteiger partial charge on any atom is 0.323 e. The van der Waals surface area contributed by atoms with Crippen LogP contribution in [0.1, 0.15) is 5.56 Å². The molecule has 0 aliphatic carbocycles. The second kappa shape index (κ2) is 8.93. The number of nitrogens with one attached hydrogen (secondary N) is 1. The number of phenolic OH excluding ortho intramolecular Hbond substituents is 1. The maximum absolute atomic E-state index is 11.8. The lowest BCUT2D eigenvalue weighted by atomic mass is 10.1. The number of amides is 1. The van der Waals surface area contributed by atoms with Crippen molar-refractivity contribution < 1.29 is 29.2 Å². The molecule has 1 amide bonds. The molecule has 0 aliphatic heterocycles. The summed E-state index contributed by atoms with van der Waals surface area (Å²) < 4.78 is 9.90. The fourth-order valence-corrected chi connectivity index (χ4v) is 2.15. The minimum Gasteiger partial charge on any atom is -0.504 e. The lowest BCUT2D eigenvalue weighted by Crippen LogP contribution is -2.24. The zero-order valence-electron chi connectivity index (χ0n) is 14.4. The first kappa shape index (κ1) is 20.1. The van der Waals surface area contributed by atoms with Gasteiger partial charge in [0.15, 0.2) is 18.1 Å². The number of carbonyl (C=O) groups excluding carboxylic acids is 1. The number of methoxy groups -OCH3 is 1. The Labute approximate surface area is 157 Å². The molecule has 0 fully saturated rings. The first-order chi connectivity index (χ1) is 13.3. The summed E-state index contributed by atoms with van der Waals surface area (Å²) in [5, 5.41) is 35.3. The normalized spacial score (nSPS) is 10.5. The van der Waals surface area contributed by atoms with Crippen LogP contribution in [-0.2, 0) is 4.79 Å². The molecule has 12 heteroatoms. The summed E-state index contributed by atoms with van der Waals surface area (Å²) in [7, 11) is 1.16. The number of hydrogen-bond donors (Lipinski definition) is 2. The Balaban J connectivity index is 2.05. The van der Waals surface area contributed by atoms with Gasteiger partial charge in [0.05, 0.1) is 28.7 Å². The van der Waals surface area contributed by atoms with E-state index in [9.17, 15) is 30.1 Å². The monoisotopic (exact) mass is 390 g/mol. The van der Waals surface area contributed by atoms with Crippen molar-refractivity contribution in [2.24, 2.45) is 5.10 Å². The van der Waals surface area contributed by atoms with E-state index in [0.29, 0.717) is 0 Å². The predicted molar refractivity (Wildman–Crippen MR) is 95.6 cm³/mol. The van der Waals surface area contributed by atoms with Crippen molar-refractivity contribution in [3.8, 4) is 17.2 Å². The molecule has 2 aromatic carbocycles. The van der Waals surface area contributed by atoms with E-state index in [4.69, 9.17) is 9.47 Å². The van der Waals surface area contributed by atoms with E-state index in [-0.39, 0.29) is 22.7 Å². The van der Waals surface area contributed by atoms with Crippen LogP contribution in [0.25, 0.3) is 0 Å². The number of benzene rings is 2. The summed E-state index contributed by atoms with van der Waals surface area (Å²) in [5.74, 6) is -1.61. The van der Waals surface area contributed by atoms with E-state index in [1.165, 1.54) is 36.4 Å². The molecular weight excluding hydrogens is 376 g/mol. The van der Waals surface area contributed by atoms with Gasteiger partial charge in [0, 0.05) is 6.07 Å². The number of carbonyl (C=O) groups is 1. The van der Waals surface area contributed by atoms with E-state index >= 15 is 0 Å². The fourth-order valence-electron chi connectivity index (χ4n) is 2.15. The van der Waals surface area contributed by atoms with E-state index in [1.54, 1.807) is 0 Å². The molecule has 12 nitrogen and oxygen atoms in total. The van der Waals surface area contributed by atoms with Crippen molar-refractivity contribution in [1.29, 1.82) is 0 Å². The number of phenols is 1. The number of nitro groups is 2. The highest BCUT2D eigenvalue weighted by Crippen LogP contribution is 2.37. The molecule has 146 valence electrons. The molecule has 0 unspecified atom stereocenters. The van der Waals surface area contributed by atoms with Crippen molar-refractivity contribution in [3.05, 3.63) is 62.2 Å². The Morgan fingerprint density at radius 1 is 1.21 bits per heavy atom. The van der Waals surface area contributed by atoms with Crippen LogP contribution < -0.4 is 14.9 Å². The average molecular weight is 390 g/mol. The second-order valence-electron chi connectivity index (χ2n) is 5.12. The first-order valence-electron chi connectivity index (χ1n) is 7.57. The van der Waals surface area contributed by atoms with E-state index in [0.717, 1.165) is 13.3 Å². The van der Waals surface area contributed by atoms with Crippen LogP contribution >= 0.6 is 0 Å². The topological polar surface area (TPSA) is 166 Å². The second-order valence-corrected chi connectivity index (χ2v) is 5.12. The van der Waals surface area contributed by atoms with Crippen molar-refractivity contribution in [1.82, 2.24) is 5.43 Å². The molecule has 2 rings (SSSR count). The van der Waals surface area contributed by atoms with Crippen LogP contribution in [0.15, 0.2) is 41.5 Å². The molecule has 28 heavy (non-hydrogen) atoms. The lowest BCUT2D eigenvalue weighted by molar-refractivity contribution is -0.386. The van der Waals surface area contributed by atoms with Gasteiger partial charge in [-0.15, -0.1) is 0 Å². The quantitative estimate of drug-likeness (QED) is 0.390. The average Bonchev–Trinajstić information content (AvgIpc) is 2.67. The molecule has 0 aliphatic rings. The van der Waals surface area contributed by atoms with Crippen molar-refractivity contribution >= 4 is 23.5 Å². The fraction of sp³-hybridized carbons (Fsp3) is 0.125. The zero-order valence-corrected chi connectivity index (χ0v) is 14.4. The largest absolute Gasteiger partial charge is 0.504 e. The third-order valence-corrected chi connectivity index (χ3v) is 3.34. The summed E-state index contributed by atoms with van der Waals surface area (Å²) in [6, 6.07) is 7.91. The zero-order chi connectivity index (χ0) is 20.7. The van der Waals surface area contributed by atoms with Gasteiger partial charge in [-0.1, -0.05) is 12.1 Å². The Kier molecular flexibility index (Phi) is 6.41. The Bertz CT molecular complexity index is 944. The number of para-hydroxylation sites is 2. The third-order valence-electron chi connectivity index (χ3n) is 3.34. The molecule has 0 radical (unpaired) electrons. The molecule has 0 bridgehead atoms. The standard InChI is InChI=1S/C16H14N4O8/c1-27-16-12(21)7-6-10(15(16)20(25)26)8-17-18-14(22)9-28-13-5-3-2-4-11(13)19(23)24/h2-8,21H,9H2,1H3,(H,18,22)/b17-8+. The summed E-state index contributed by atoms with van der Waals surface area (Å²) in [4.78, 5) is 32.4. The smallest absolute Gasteiger partial charge is 0.323 e. The highest BCUT2D eigenvalue weighted by molar-refractivity contribution is 5.89. The van der Waals surface area contributed by atoms with Crippen LogP contribution in [-0.4, -0.2) is 40.8 Å². The molecule has 2 aromatic rings. The van der Waals surface area contributed by atoms with Gasteiger partial charge < -0.3 is 14.6 Å². The molecule has 0 aromatic heterocycles. The SMILES string of the molecule is COc1c(O)ccc(/C=N/NC(=O)COc2ccccc2[N+](=O)[O-])c1[N+](=O)[O-]. The number of rotatable bonds is 8. The molecule has 0 atom stereocenters. The van der Waals surface area contributed by atoms with E-state index < -0.39 is 33.8 Å². The summed E-state index contributed by atoms with van der Waals surface area (Å²) >= 11 is 0. The first-order valence-corrected chi connectivity index (χ1v) is 7.57. The minimum atomic E-state index is -0.765. The molecule has 0 heterocycles. The number of aromatic hydroxyl groups is 1. The van der Waals surface area contributed by atoms with Gasteiger partial charge in [0.2, 0.25) is 5.75 Å².